The first-order valence-corrected chi connectivity index (χ1v) is 11.6. The molecule has 1 aliphatic carbocycles. The Morgan fingerprint density at radius 2 is 1.68 bits per heavy atom. The molecule has 1 saturated carbocycles. The third kappa shape index (κ3) is 6.55. The Labute approximate surface area is 192 Å². The topological polar surface area (TPSA) is 76.7 Å². The van der Waals surface area contributed by atoms with Crippen molar-refractivity contribution in [2.24, 2.45) is 5.92 Å². The molecule has 0 atom stereocenters. The summed E-state index contributed by atoms with van der Waals surface area (Å²) in [5.74, 6) is 1.21. The van der Waals surface area contributed by atoms with Crippen LogP contribution in [0.4, 0.5) is 11.4 Å². The van der Waals surface area contributed by atoms with Crippen LogP contribution in [-0.4, -0.2) is 31.8 Å². The minimum absolute atomic E-state index is 0.103. The third-order valence-electron chi connectivity index (χ3n) is 5.22. The van der Waals surface area contributed by atoms with Crippen molar-refractivity contribution in [1.82, 2.24) is 0 Å². The van der Waals surface area contributed by atoms with Gasteiger partial charge in [-0.05, 0) is 43.2 Å². The fourth-order valence-electron chi connectivity index (χ4n) is 3.54. The molecule has 0 aliphatic heterocycles. The maximum Gasteiger partial charge on any atom is 0.234 e. The van der Waals surface area contributed by atoms with Crippen LogP contribution in [0.3, 0.4) is 0 Å². The highest BCUT2D eigenvalue weighted by Gasteiger charge is 2.21. The minimum Gasteiger partial charge on any atom is -0.495 e. The normalized spacial score (nSPS) is 14.0. The predicted octanol–water partition coefficient (Wildman–Crippen LogP) is 5.61. The van der Waals surface area contributed by atoms with Crippen molar-refractivity contribution in [3.05, 3.63) is 41.4 Å². The summed E-state index contributed by atoms with van der Waals surface area (Å²) in [5.41, 5.74) is 1.27. The van der Waals surface area contributed by atoms with Crippen molar-refractivity contribution in [3.63, 3.8) is 0 Å². The van der Waals surface area contributed by atoms with Gasteiger partial charge in [-0.1, -0.05) is 30.9 Å². The predicted molar refractivity (Wildman–Crippen MR) is 126 cm³/mol. The summed E-state index contributed by atoms with van der Waals surface area (Å²) in [6.45, 7) is 0. The second-order valence-electron chi connectivity index (χ2n) is 7.37. The molecule has 0 spiro atoms. The van der Waals surface area contributed by atoms with Gasteiger partial charge in [0.05, 0.1) is 30.7 Å². The van der Waals surface area contributed by atoms with Gasteiger partial charge in [0.15, 0.2) is 0 Å². The highest BCUT2D eigenvalue weighted by molar-refractivity contribution is 8.00. The van der Waals surface area contributed by atoms with Gasteiger partial charge in [-0.15, -0.1) is 11.8 Å². The van der Waals surface area contributed by atoms with E-state index in [2.05, 4.69) is 10.6 Å². The van der Waals surface area contributed by atoms with Crippen LogP contribution in [0.1, 0.15) is 32.1 Å². The molecular weight excluding hydrogens is 436 g/mol. The van der Waals surface area contributed by atoms with Crippen molar-refractivity contribution in [2.75, 3.05) is 30.6 Å². The summed E-state index contributed by atoms with van der Waals surface area (Å²) in [7, 11) is 3.03. The first kappa shape index (κ1) is 23.3. The summed E-state index contributed by atoms with van der Waals surface area (Å²) in [6.07, 6.45) is 5.42. The van der Waals surface area contributed by atoms with E-state index in [1.165, 1.54) is 32.4 Å². The smallest absolute Gasteiger partial charge is 0.234 e. The molecule has 0 radical (unpaired) electrons. The maximum atomic E-state index is 12.4. The average molecular weight is 463 g/mol. The zero-order valence-electron chi connectivity index (χ0n) is 17.7. The van der Waals surface area contributed by atoms with E-state index >= 15 is 0 Å². The molecule has 1 fully saturated rings. The van der Waals surface area contributed by atoms with Crippen LogP contribution in [-0.2, 0) is 9.59 Å². The van der Waals surface area contributed by atoms with E-state index in [-0.39, 0.29) is 23.5 Å². The fraction of sp³-hybridized carbons (Fsp3) is 0.391. The number of halogens is 1. The molecule has 0 heterocycles. The van der Waals surface area contributed by atoms with E-state index in [4.69, 9.17) is 21.1 Å². The summed E-state index contributed by atoms with van der Waals surface area (Å²) in [5, 5.41) is 6.20. The van der Waals surface area contributed by atoms with Crippen LogP contribution in [0.5, 0.6) is 11.5 Å². The van der Waals surface area contributed by atoms with Crippen molar-refractivity contribution < 1.29 is 19.1 Å². The van der Waals surface area contributed by atoms with Crippen molar-refractivity contribution in [1.29, 1.82) is 0 Å². The first-order valence-electron chi connectivity index (χ1n) is 10.2. The molecule has 0 bridgehead atoms. The molecular formula is C23H27ClN2O4S. The van der Waals surface area contributed by atoms with Crippen molar-refractivity contribution in [2.45, 2.75) is 37.0 Å². The van der Waals surface area contributed by atoms with Crippen molar-refractivity contribution in [3.8, 4) is 11.5 Å². The quantitative estimate of drug-likeness (QED) is 0.499. The molecule has 8 heteroatoms. The average Bonchev–Trinajstić information content (AvgIpc) is 2.79. The number of hydrogen-bond acceptors (Lipinski definition) is 5. The molecule has 31 heavy (non-hydrogen) atoms. The van der Waals surface area contributed by atoms with Crippen LogP contribution in [0.2, 0.25) is 5.02 Å². The molecule has 2 aromatic rings. The van der Waals surface area contributed by atoms with Gasteiger partial charge in [-0.3, -0.25) is 9.59 Å². The monoisotopic (exact) mass is 462 g/mol. The Bertz CT molecular complexity index is 915. The summed E-state index contributed by atoms with van der Waals surface area (Å²) >= 11 is 7.55. The minimum atomic E-state index is -0.181. The lowest BCUT2D eigenvalue weighted by atomic mass is 9.88. The van der Waals surface area contributed by atoms with Crippen LogP contribution in [0.15, 0.2) is 41.3 Å². The molecule has 0 aromatic heterocycles. The van der Waals surface area contributed by atoms with E-state index in [9.17, 15) is 9.59 Å². The molecule has 0 saturated heterocycles. The standard InChI is InChI=1S/C23H27ClN2O4S/c1-29-20-13-21(30-2)19(12-18(20)24)26-22(27)14-31-17-10-8-16(9-11-17)25-23(28)15-6-4-3-5-7-15/h8-13,15H,3-7,14H2,1-2H3,(H,25,28)(H,26,27). The van der Waals surface area contributed by atoms with Crippen LogP contribution >= 0.6 is 23.4 Å². The number of carbonyl (C=O) groups is 2. The maximum absolute atomic E-state index is 12.4. The van der Waals surface area contributed by atoms with E-state index in [0.717, 1.165) is 36.3 Å². The molecule has 2 amide bonds. The molecule has 6 nitrogen and oxygen atoms in total. The molecule has 2 N–H and O–H groups in total. The van der Waals surface area contributed by atoms with Gasteiger partial charge in [-0.25, -0.2) is 0 Å². The molecule has 166 valence electrons. The van der Waals surface area contributed by atoms with E-state index in [1.807, 2.05) is 24.3 Å². The lowest BCUT2D eigenvalue weighted by Crippen LogP contribution is -2.24. The number of benzene rings is 2. The highest BCUT2D eigenvalue weighted by atomic mass is 35.5. The van der Waals surface area contributed by atoms with Gasteiger partial charge in [0.1, 0.15) is 11.5 Å². The zero-order valence-corrected chi connectivity index (χ0v) is 19.3. The van der Waals surface area contributed by atoms with Gasteiger partial charge in [0, 0.05) is 22.6 Å². The molecule has 1 aliphatic rings. The van der Waals surface area contributed by atoms with E-state index < -0.39 is 0 Å². The number of thioether (sulfide) groups is 1. The number of rotatable bonds is 8. The Hall–Kier alpha value is -2.38. The van der Waals surface area contributed by atoms with Crippen LogP contribution < -0.4 is 20.1 Å². The highest BCUT2D eigenvalue weighted by Crippen LogP contribution is 2.36. The van der Waals surface area contributed by atoms with Gasteiger partial charge in [-0.2, -0.15) is 0 Å². The summed E-state index contributed by atoms with van der Waals surface area (Å²) in [6, 6.07) is 10.8. The van der Waals surface area contributed by atoms with Crippen LogP contribution in [0, 0.1) is 5.92 Å². The molecule has 2 aromatic carbocycles. The second kappa shape index (κ2) is 11.3. The Kier molecular flexibility index (Phi) is 8.49. The molecule has 0 unspecified atom stereocenters. The number of ether oxygens (including phenoxy) is 2. The van der Waals surface area contributed by atoms with E-state index in [0.29, 0.717) is 22.2 Å². The van der Waals surface area contributed by atoms with Gasteiger partial charge < -0.3 is 20.1 Å². The van der Waals surface area contributed by atoms with Gasteiger partial charge in [0.2, 0.25) is 11.8 Å². The fourth-order valence-corrected chi connectivity index (χ4v) is 4.48. The Balaban J connectivity index is 1.51. The van der Waals surface area contributed by atoms with Gasteiger partial charge in [0.25, 0.3) is 0 Å². The lowest BCUT2D eigenvalue weighted by Gasteiger charge is -2.20. The molecule has 3 rings (SSSR count). The Morgan fingerprint density at radius 3 is 2.32 bits per heavy atom. The number of methoxy groups -OCH3 is 2. The number of carbonyl (C=O) groups excluding carboxylic acids is 2. The number of hydrogen-bond donors (Lipinski definition) is 2. The second-order valence-corrected chi connectivity index (χ2v) is 8.83. The number of anilines is 2. The Morgan fingerprint density at radius 1 is 1.00 bits per heavy atom. The largest absolute Gasteiger partial charge is 0.495 e. The zero-order chi connectivity index (χ0) is 22.2. The number of amides is 2. The van der Waals surface area contributed by atoms with E-state index in [1.54, 1.807) is 12.1 Å². The van der Waals surface area contributed by atoms with Gasteiger partial charge >= 0.3 is 0 Å². The number of nitrogens with one attached hydrogen (secondary N) is 2. The van der Waals surface area contributed by atoms with Crippen LogP contribution in [0.25, 0.3) is 0 Å². The lowest BCUT2D eigenvalue weighted by molar-refractivity contribution is -0.120. The summed E-state index contributed by atoms with van der Waals surface area (Å²) in [4.78, 5) is 25.7. The summed E-state index contributed by atoms with van der Waals surface area (Å²) < 4.78 is 10.5. The van der Waals surface area contributed by atoms with Crippen molar-refractivity contribution >= 4 is 46.6 Å². The third-order valence-corrected chi connectivity index (χ3v) is 6.52. The SMILES string of the molecule is COc1cc(OC)c(NC(=O)CSc2ccc(NC(=O)C3CCCCC3)cc2)cc1Cl. The first-order chi connectivity index (χ1) is 15.0.